The summed E-state index contributed by atoms with van der Waals surface area (Å²) in [5, 5.41) is 14.2. The molecule has 0 radical (unpaired) electrons. The predicted octanol–water partition coefficient (Wildman–Crippen LogP) is 4.21. The fraction of sp³-hybridized carbons (Fsp3) is 0.318. The van der Waals surface area contributed by atoms with Gasteiger partial charge in [0, 0.05) is 16.7 Å². The third kappa shape index (κ3) is 6.11. The van der Waals surface area contributed by atoms with Crippen LogP contribution in [0.4, 0.5) is 4.79 Å². The lowest BCUT2D eigenvalue weighted by Crippen LogP contribution is -2.41. The number of carbonyl (C=O) groups excluding carboxylic acids is 2. The van der Waals surface area contributed by atoms with Gasteiger partial charge < -0.3 is 9.47 Å². The number of alkyl carbamates (subject to hydrolysis) is 1. The number of hydrogen-bond donors (Lipinski definition) is 2. The second-order valence-corrected chi connectivity index (χ2v) is 10.2. The summed E-state index contributed by atoms with van der Waals surface area (Å²) in [6, 6.07) is 8.85. The van der Waals surface area contributed by atoms with Crippen molar-refractivity contribution < 1.29 is 23.3 Å². The molecule has 0 saturated carbocycles. The molecule has 0 spiro atoms. The number of nitrogens with one attached hydrogen (secondary N) is 2. The molecule has 164 valence electrons. The van der Waals surface area contributed by atoms with Crippen molar-refractivity contribution in [1.29, 1.82) is 5.41 Å². The first-order valence-electron chi connectivity index (χ1n) is 9.64. The van der Waals surface area contributed by atoms with Crippen molar-refractivity contribution in [2.24, 2.45) is 0 Å². The molecular formula is C22H24N2O5S2. The highest BCUT2D eigenvalue weighted by Crippen LogP contribution is 2.28. The number of carbonyl (C=O) groups is 2. The van der Waals surface area contributed by atoms with E-state index in [1.54, 1.807) is 61.8 Å². The Balaban J connectivity index is 1.78. The van der Waals surface area contributed by atoms with E-state index in [2.05, 4.69) is 5.32 Å². The van der Waals surface area contributed by atoms with Crippen molar-refractivity contribution in [1.82, 2.24) is 5.32 Å². The summed E-state index contributed by atoms with van der Waals surface area (Å²) in [7, 11) is -1.22. The Bertz CT molecular complexity index is 1040. The Labute approximate surface area is 187 Å². The summed E-state index contributed by atoms with van der Waals surface area (Å²) in [5.41, 5.74) is 0.422. The molecule has 31 heavy (non-hydrogen) atoms. The molecule has 2 aromatic rings. The van der Waals surface area contributed by atoms with Gasteiger partial charge in [-0.2, -0.15) is 0 Å². The summed E-state index contributed by atoms with van der Waals surface area (Å²) in [6.07, 6.45) is 1.45. The Morgan fingerprint density at radius 2 is 2.03 bits per heavy atom. The average Bonchev–Trinajstić information content (AvgIpc) is 3.30. The van der Waals surface area contributed by atoms with Crippen LogP contribution in [0.2, 0.25) is 0 Å². The summed E-state index contributed by atoms with van der Waals surface area (Å²) in [4.78, 5) is 26.8. The van der Waals surface area contributed by atoms with Gasteiger partial charge in [0.2, 0.25) is 0 Å². The Hall–Kier alpha value is -2.78. The normalized spacial score (nSPS) is 15.8. The van der Waals surface area contributed by atoms with Gasteiger partial charge in [0.05, 0.1) is 22.3 Å². The van der Waals surface area contributed by atoms with E-state index in [0.29, 0.717) is 22.4 Å². The zero-order valence-corrected chi connectivity index (χ0v) is 19.1. The first-order valence-corrected chi connectivity index (χ1v) is 11.7. The van der Waals surface area contributed by atoms with Gasteiger partial charge in [-0.15, -0.1) is 11.3 Å². The molecule has 0 saturated heterocycles. The van der Waals surface area contributed by atoms with Crippen LogP contribution in [0.25, 0.3) is 6.08 Å². The molecule has 1 aliphatic rings. The maximum absolute atomic E-state index is 12.9. The van der Waals surface area contributed by atoms with Crippen LogP contribution in [-0.2, 0) is 31.5 Å². The van der Waals surface area contributed by atoms with Crippen LogP contribution < -0.4 is 5.32 Å². The molecule has 1 amide bonds. The Morgan fingerprint density at radius 3 is 2.71 bits per heavy atom. The van der Waals surface area contributed by atoms with Gasteiger partial charge in [-0.3, -0.25) is 15.5 Å². The predicted molar refractivity (Wildman–Crippen MR) is 121 cm³/mol. The molecule has 2 atom stereocenters. The minimum atomic E-state index is -1.22. The van der Waals surface area contributed by atoms with Crippen LogP contribution in [0.5, 0.6) is 0 Å². The monoisotopic (exact) mass is 460 g/mol. The number of benzene rings is 1. The van der Waals surface area contributed by atoms with Gasteiger partial charge in [0.25, 0.3) is 0 Å². The standard InChI is InChI=1S/C22H24N2O5S2/c1-22(2,3)29-21(26)24-19(23)18(20(25)28-10-8-16-5-4-11-30-16)15-6-7-17-14(13-15)9-12-31(17)27/h4-7,9,11-13,18H,8,10H2,1-3H3,(H2,23,24,26). The van der Waals surface area contributed by atoms with E-state index in [-0.39, 0.29) is 12.4 Å². The summed E-state index contributed by atoms with van der Waals surface area (Å²) in [6.45, 7) is 5.28. The molecule has 2 unspecified atom stereocenters. The molecule has 7 nitrogen and oxygen atoms in total. The van der Waals surface area contributed by atoms with Crippen LogP contribution in [0.3, 0.4) is 0 Å². The number of ether oxygens (including phenoxy) is 2. The van der Waals surface area contributed by atoms with Crippen LogP contribution >= 0.6 is 11.3 Å². The molecule has 0 bridgehead atoms. The summed E-state index contributed by atoms with van der Waals surface area (Å²) < 4.78 is 22.6. The molecular weight excluding hydrogens is 436 g/mol. The van der Waals surface area contributed by atoms with Gasteiger partial charge in [0.15, 0.2) is 0 Å². The quantitative estimate of drug-likeness (QED) is 0.382. The van der Waals surface area contributed by atoms with E-state index in [4.69, 9.17) is 14.9 Å². The zero-order chi connectivity index (χ0) is 22.6. The second-order valence-electron chi connectivity index (χ2n) is 7.87. The van der Waals surface area contributed by atoms with E-state index in [9.17, 15) is 13.8 Å². The van der Waals surface area contributed by atoms with E-state index in [1.165, 1.54) is 0 Å². The van der Waals surface area contributed by atoms with E-state index in [0.717, 1.165) is 4.88 Å². The highest BCUT2D eigenvalue weighted by molar-refractivity contribution is 7.88. The fourth-order valence-corrected chi connectivity index (χ4v) is 4.63. The number of hydrogen-bond acceptors (Lipinski definition) is 7. The third-order valence-electron chi connectivity index (χ3n) is 4.29. The van der Waals surface area contributed by atoms with Gasteiger partial charge in [-0.25, -0.2) is 9.00 Å². The summed E-state index contributed by atoms with van der Waals surface area (Å²) >= 11 is 1.57. The molecule has 0 fully saturated rings. The zero-order valence-electron chi connectivity index (χ0n) is 17.5. The van der Waals surface area contributed by atoms with Crippen molar-refractivity contribution in [3.05, 3.63) is 57.1 Å². The number of fused-ring (bicyclic) bond motifs is 1. The van der Waals surface area contributed by atoms with Crippen molar-refractivity contribution in [3.63, 3.8) is 0 Å². The minimum absolute atomic E-state index is 0.157. The molecule has 2 heterocycles. The lowest BCUT2D eigenvalue weighted by atomic mass is 9.96. The molecule has 1 aromatic carbocycles. The highest BCUT2D eigenvalue weighted by Gasteiger charge is 2.31. The lowest BCUT2D eigenvalue weighted by molar-refractivity contribution is -0.143. The molecule has 9 heteroatoms. The van der Waals surface area contributed by atoms with Crippen LogP contribution in [0, 0.1) is 5.41 Å². The van der Waals surface area contributed by atoms with Crippen molar-refractivity contribution in [2.75, 3.05) is 6.61 Å². The molecule has 1 aromatic heterocycles. The smallest absolute Gasteiger partial charge is 0.413 e. The SMILES string of the molecule is CC(C)(C)OC(=O)NC(=N)C(C(=O)OCCc1cccs1)c1ccc2c(c1)C=CS2=O. The van der Waals surface area contributed by atoms with E-state index in [1.807, 2.05) is 17.5 Å². The van der Waals surface area contributed by atoms with Crippen molar-refractivity contribution >= 4 is 46.1 Å². The van der Waals surface area contributed by atoms with Crippen molar-refractivity contribution in [2.45, 2.75) is 43.6 Å². The number of thiophene rings is 1. The maximum atomic E-state index is 12.9. The second kappa shape index (κ2) is 9.57. The molecule has 0 aliphatic carbocycles. The van der Waals surface area contributed by atoms with Crippen LogP contribution in [0.1, 0.15) is 42.7 Å². The topological polar surface area (TPSA) is 106 Å². The van der Waals surface area contributed by atoms with Gasteiger partial charge >= 0.3 is 12.1 Å². The van der Waals surface area contributed by atoms with E-state index >= 15 is 0 Å². The number of esters is 1. The summed E-state index contributed by atoms with van der Waals surface area (Å²) in [5.74, 6) is -2.15. The molecule has 2 N–H and O–H groups in total. The third-order valence-corrected chi connectivity index (χ3v) is 6.41. The Morgan fingerprint density at radius 1 is 1.26 bits per heavy atom. The van der Waals surface area contributed by atoms with Crippen LogP contribution in [0.15, 0.2) is 46.0 Å². The Kier molecular flexibility index (Phi) is 7.07. The highest BCUT2D eigenvalue weighted by atomic mass is 32.2. The van der Waals surface area contributed by atoms with Gasteiger partial charge in [0.1, 0.15) is 17.4 Å². The fourth-order valence-electron chi connectivity index (χ4n) is 2.97. The maximum Gasteiger partial charge on any atom is 0.413 e. The first kappa shape index (κ1) is 22.9. The van der Waals surface area contributed by atoms with Gasteiger partial charge in [-0.1, -0.05) is 12.1 Å². The first-order chi connectivity index (χ1) is 14.6. The number of amidine groups is 1. The molecule has 1 aliphatic heterocycles. The lowest BCUT2D eigenvalue weighted by Gasteiger charge is -2.22. The molecule has 3 rings (SSSR count). The van der Waals surface area contributed by atoms with Gasteiger partial charge in [-0.05, 0) is 61.6 Å². The number of amides is 1. The average molecular weight is 461 g/mol. The van der Waals surface area contributed by atoms with Crippen molar-refractivity contribution in [3.8, 4) is 0 Å². The van der Waals surface area contributed by atoms with Crippen LogP contribution in [-0.4, -0.2) is 34.3 Å². The number of rotatable bonds is 6. The largest absolute Gasteiger partial charge is 0.465 e. The van der Waals surface area contributed by atoms with E-state index < -0.39 is 34.4 Å². The minimum Gasteiger partial charge on any atom is -0.465 e.